The van der Waals surface area contributed by atoms with Crippen LogP contribution < -0.4 is 16.4 Å². The second-order valence-corrected chi connectivity index (χ2v) is 13.0. The molecule has 1 aromatic heterocycles. The van der Waals surface area contributed by atoms with Crippen molar-refractivity contribution in [2.24, 2.45) is 0 Å². The van der Waals surface area contributed by atoms with Crippen LogP contribution in [0.2, 0.25) is 0 Å². The van der Waals surface area contributed by atoms with Gasteiger partial charge in [0.25, 0.3) is 0 Å². The molecule has 1 heterocycles. The minimum absolute atomic E-state index is 0.0602. The maximum absolute atomic E-state index is 11.6. The molecule has 0 bridgehead atoms. The third-order valence-corrected chi connectivity index (χ3v) is 10.2. The molecule has 5 N–H and O–H groups in total. The van der Waals surface area contributed by atoms with E-state index < -0.39 is 28.7 Å². The Balaban J connectivity index is 1.33. The summed E-state index contributed by atoms with van der Waals surface area (Å²) < 4.78 is 6.37. The molecular formula is C44H25B3O6. The van der Waals surface area contributed by atoms with Gasteiger partial charge in [-0.05, 0) is 72.0 Å². The van der Waals surface area contributed by atoms with Gasteiger partial charge in [0.2, 0.25) is 0 Å². The summed E-state index contributed by atoms with van der Waals surface area (Å²) in [4.78, 5) is 0. The molecule has 0 saturated carbocycles. The highest BCUT2D eigenvalue weighted by molar-refractivity contribution is 6.54. The molecule has 0 saturated heterocycles. The number of phenolic OH excluding ortho intramolecular Hbond substituents is 5. The molecule has 6 radical (unpaired) electrons. The molecule has 0 aliphatic rings. The van der Waals surface area contributed by atoms with Crippen molar-refractivity contribution in [2.75, 3.05) is 0 Å². The van der Waals surface area contributed by atoms with Crippen molar-refractivity contribution >= 4 is 83.4 Å². The van der Waals surface area contributed by atoms with E-state index in [4.69, 9.17) is 28.0 Å². The third kappa shape index (κ3) is 4.63. The zero-order valence-electron chi connectivity index (χ0n) is 27.9. The maximum Gasteiger partial charge on any atom is 0.200 e. The zero-order valence-corrected chi connectivity index (χ0v) is 27.9. The van der Waals surface area contributed by atoms with Crippen molar-refractivity contribution in [3.63, 3.8) is 0 Å². The number of fused-ring (bicyclic) bond motifs is 5. The quantitative estimate of drug-likeness (QED) is 0.0748. The Morgan fingerprint density at radius 3 is 1.51 bits per heavy atom. The van der Waals surface area contributed by atoms with Crippen molar-refractivity contribution in [1.29, 1.82) is 0 Å². The molecule has 0 fully saturated rings. The van der Waals surface area contributed by atoms with Crippen LogP contribution in [0.15, 0.2) is 126 Å². The van der Waals surface area contributed by atoms with Crippen molar-refractivity contribution in [1.82, 2.24) is 0 Å². The summed E-state index contributed by atoms with van der Waals surface area (Å²) in [7, 11) is 19.7. The van der Waals surface area contributed by atoms with Crippen LogP contribution in [0.5, 0.6) is 28.7 Å². The van der Waals surface area contributed by atoms with Crippen LogP contribution >= 0.6 is 0 Å². The Morgan fingerprint density at radius 2 is 0.830 bits per heavy atom. The lowest BCUT2D eigenvalue weighted by Gasteiger charge is -2.25. The number of para-hydroxylation sites is 2. The largest absolute Gasteiger partial charge is 0.505 e. The Bertz CT molecular complexity index is 2890. The fraction of sp³-hybridized carbons (Fsp3) is 0. The summed E-state index contributed by atoms with van der Waals surface area (Å²) in [5.41, 5.74) is 6.30. The summed E-state index contributed by atoms with van der Waals surface area (Å²) in [5.74, 6) is -3.47. The number of benzene rings is 8. The molecule has 9 rings (SSSR count). The Kier molecular flexibility index (Phi) is 7.24. The number of phenols is 5. The average molecular weight is 682 g/mol. The summed E-state index contributed by atoms with van der Waals surface area (Å²) in [6, 6.07) is 38.4. The molecule has 9 aromatic rings. The highest BCUT2D eigenvalue weighted by Gasteiger charge is 2.28. The molecule has 246 valence electrons. The van der Waals surface area contributed by atoms with Crippen molar-refractivity contribution in [3.05, 3.63) is 121 Å². The number of hydrogen-bond donors (Lipinski definition) is 5. The van der Waals surface area contributed by atoms with Gasteiger partial charge in [-0.25, -0.2) is 0 Å². The molecule has 0 spiro atoms. The van der Waals surface area contributed by atoms with E-state index in [0.717, 1.165) is 44.2 Å². The molecule has 6 nitrogen and oxygen atoms in total. The van der Waals surface area contributed by atoms with Crippen molar-refractivity contribution in [2.45, 2.75) is 0 Å². The van der Waals surface area contributed by atoms with E-state index in [1.807, 2.05) is 91.0 Å². The molecule has 0 aliphatic carbocycles. The highest BCUT2D eigenvalue weighted by atomic mass is 16.3. The number of furan rings is 1. The van der Waals surface area contributed by atoms with Gasteiger partial charge in [-0.15, -0.1) is 0 Å². The van der Waals surface area contributed by atoms with Gasteiger partial charge < -0.3 is 29.9 Å². The first-order valence-corrected chi connectivity index (χ1v) is 16.8. The number of hydrogen-bond acceptors (Lipinski definition) is 6. The lowest BCUT2D eigenvalue weighted by molar-refractivity contribution is 0.373. The van der Waals surface area contributed by atoms with Crippen LogP contribution in [0, 0.1) is 0 Å². The molecule has 0 atom stereocenters. The van der Waals surface area contributed by atoms with Gasteiger partial charge in [0.05, 0.1) is 0 Å². The van der Waals surface area contributed by atoms with Crippen LogP contribution in [0.4, 0.5) is 0 Å². The topological polar surface area (TPSA) is 114 Å². The van der Waals surface area contributed by atoms with E-state index in [2.05, 4.69) is 6.07 Å². The molecule has 0 amide bonds. The van der Waals surface area contributed by atoms with Crippen molar-refractivity contribution < 1.29 is 29.9 Å². The summed E-state index contributed by atoms with van der Waals surface area (Å²) in [6.45, 7) is 0. The molecule has 0 aliphatic heterocycles. The smallest absolute Gasteiger partial charge is 0.200 e. The van der Waals surface area contributed by atoms with Gasteiger partial charge in [0.15, 0.2) is 17.2 Å². The standard InChI is InChI=1S/C44H25B3O6/c45-36-32-30(22-9-2-1-3-10-22)34-35(39(48)43(52)42(51)38(34)47)31(33(32)37(46)41(50)40(36)49)23-19-17-21(18-20-23)24-11-4-5-12-25(24)27-14-8-15-28-26-13-6-7-16-29(26)53-44(27)28/h1-20,48-52H. The summed E-state index contributed by atoms with van der Waals surface area (Å²) >= 11 is 0. The lowest BCUT2D eigenvalue weighted by Crippen LogP contribution is -2.18. The van der Waals surface area contributed by atoms with Crippen LogP contribution in [0.25, 0.3) is 88.0 Å². The Hall–Kier alpha value is -6.73. The van der Waals surface area contributed by atoms with Gasteiger partial charge in [-0.3, -0.25) is 0 Å². The average Bonchev–Trinajstić information content (AvgIpc) is 3.59. The van der Waals surface area contributed by atoms with Crippen LogP contribution in [-0.2, 0) is 0 Å². The zero-order chi connectivity index (χ0) is 36.7. The predicted octanol–water partition coefficient (Wildman–Crippen LogP) is 7.47. The fourth-order valence-electron chi connectivity index (χ4n) is 7.69. The van der Waals surface area contributed by atoms with Gasteiger partial charge in [0.1, 0.15) is 46.2 Å². The van der Waals surface area contributed by atoms with Gasteiger partial charge in [-0.2, -0.15) is 0 Å². The van der Waals surface area contributed by atoms with E-state index in [1.165, 1.54) is 0 Å². The van der Waals surface area contributed by atoms with Gasteiger partial charge in [-0.1, -0.05) is 115 Å². The first-order chi connectivity index (χ1) is 25.7. The van der Waals surface area contributed by atoms with E-state index >= 15 is 0 Å². The number of rotatable bonds is 4. The molecule has 9 heteroatoms. The molecule has 0 unspecified atom stereocenters. The van der Waals surface area contributed by atoms with Gasteiger partial charge in [0, 0.05) is 27.3 Å². The Labute approximate surface area is 307 Å². The SMILES string of the molecule is [B]c1c(O)c(O)c([B])c2c(-c3ccc(-c4ccccc4-c4cccc5c4oc4ccccc45)cc3)c3c(O)c(O)c(O)c([B])c3c(-c3ccccc3)c12. The first kappa shape index (κ1) is 32.2. The fourth-order valence-corrected chi connectivity index (χ4v) is 7.69. The number of aromatic hydroxyl groups is 5. The summed E-state index contributed by atoms with van der Waals surface area (Å²) in [5, 5.41) is 58.1. The van der Waals surface area contributed by atoms with E-state index in [1.54, 1.807) is 24.3 Å². The highest BCUT2D eigenvalue weighted by Crippen LogP contribution is 2.51. The first-order valence-electron chi connectivity index (χ1n) is 16.8. The van der Waals surface area contributed by atoms with Crippen molar-refractivity contribution in [3.8, 4) is 73.3 Å². The monoisotopic (exact) mass is 682 g/mol. The third-order valence-electron chi connectivity index (χ3n) is 10.2. The van der Waals surface area contributed by atoms with E-state index in [-0.39, 0.29) is 43.5 Å². The minimum atomic E-state index is -0.825. The normalized spacial score (nSPS) is 11.6. The predicted molar refractivity (Wildman–Crippen MR) is 215 cm³/mol. The maximum atomic E-state index is 11.6. The molecule has 8 aromatic carbocycles. The van der Waals surface area contributed by atoms with Crippen LogP contribution in [-0.4, -0.2) is 49.1 Å². The Morgan fingerprint density at radius 1 is 0.358 bits per heavy atom. The minimum Gasteiger partial charge on any atom is -0.505 e. The second kappa shape index (κ2) is 11.9. The summed E-state index contributed by atoms with van der Waals surface area (Å²) in [6.07, 6.45) is 0. The van der Waals surface area contributed by atoms with E-state index in [9.17, 15) is 25.5 Å². The second-order valence-electron chi connectivity index (χ2n) is 13.0. The van der Waals surface area contributed by atoms with E-state index in [0.29, 0.717) is 16.7 Å². The van der Waals surface area contributed by atoms with Crippen LogP contribution in [0.1, 0.15) is 0 Å². The molecule has 53 heavy (non-hydrogen) atoms. The lowest BCUT2D eigenvalue weighted by atomic mass is 9.72. The molecular weight excluding hydrogens is 657 g/mol. The van der Waals surface area contributed by atoms with Crippen LogP contribution in [0.3, 0.4) is 0 Å². The van der Waals surface area contributed by atoms with Gasteiger partial charge >= 0.3 is 0 Å².